The largest absolute Gasteiger partial charge is 0.497 e. The molecule has 0 aliphatic heterocycles. The van der Waals surface area contributed by atoms with Crippen LogP contribution in [0.5, 0.6) is 17.2 Å². The van der Waals surface area contributed by atoms with Crippen molar-refractivity contribution in [2.75, 3.05) is 13.7 Å². The van der Waals surface area contributed by atoms with E-state index in [1.54, 1.807) is 26.2 Å². The molecule has 0 bridgehead atoms. The molecule has 0 saturated carbocycles. The van der Waals surface area contributed by atoms with E-state index in [-0.39, 0.29) is 5.91 Å². The zero-order chi connectivity index (χ0) is 17.4. The van der Waals surface area contributed by atoms with E-state index in [1.807, 2.05) is 43.3 Å². The van der Waals surface area contributed by atoms with Gasteiger partial charge >= 0.3 is 0 Å². The van der Waals surface area contributed by atoms with Crippen LogP contribution < -0.4 is 19.5 Å². The number of amides is 1. The molecule has 0 spiro atoms. The summed E-state index contributed by atoms with van der Waals surface area (Å²) in [5.74, 6) is 1.93. The Bertz CT molecular complexity index is 655. The zero-order valence-electron chi connectivity index (χ0n) is 14.2. The van der Waals surface area contributed by atoms with Gasteiger partial charge in [0, 0.05) is 12.6 Å². The van der Waals surface area contributed by atoms with Gasteiger partial charge < -0.3 is 19.5 Å². The molecule has 2 aromatic rings. The van der Waals surface area contributed by atoms with Gasteiger partial charge in [0.25, 0.3) is 5.91 Å². The van der Waals surface area contributed by atoms with Gasteiger partial charge in [-0.25, -0.2) is 0 Å². The fourth-order valence-electron chi connectivity index (χ4n) is 2.14. The van der Waals surface area contributed by atoms with Gasteiger partial charge in [0.1, 0.15) is 17.2 Å². The van der Waals surface area contributed by atoms with Crippen LogP contribution in [0.4, 0.5) is 0 Å². The topological polar surface area (TPSA) is 56.8 Å². The van der Waals surface area contributed by atoms with E-state index in [2.05, 4.69) is 5.32 Å². The predicted octanol–water partition coefficient (Wildman–Crippen LogP) is 3.18. The van der Waals surface area contributed by atoms with Crippen LogP contribution in [0, 0.1) is 0 Å². The highest BCUT2D eigenvalue weighted by Crippen LogP contribution is 2.20. The number of hydrogen-bond donors (Lipinski definition) is 1. The van der Waals surface area contributed by atoms with Crippen LogP contribution in [0.15, 0.2) is 48.5 Å². The van der Waals surface area contributed by atoms with E-state index in [0.29, 0.717) is 24.7 Å². The number of nitrogens with one attached hydrogen (secondary N) is 1. The molecule has 0 aliphatic rings. The molecule has 0 unspecified atom stereocenters. The molecule has 24 heavy (non-hydrogen) atoms. The standard InChI is InChI=1S/C19H23NO4/c1-4-23-16-10-8-15(9-11-16)13-20-19(21)14(2)24-18-7-5-6-17(12-18)22-3/h5-12,14H,4,13H2,1-3H3,(H,20,21)/t14-/m1/s1. The molecule has 0 aliphatic carbocycles. The van der Waals surface area contributed by atoms with E-state index in [1.165, 1.54) is 0 Å². The Morgan fingerprint density at radius 1 is 1.08 bits per heavy atom. The molecule has 1 amide bonds. The first kappa shape index (κ1) is 17.7. The van der Waals surface area contributed by atoms with Crippen LogP contribution in [0.1, 0.15) is 19.4 Å². The maximum atomic E-state index is 12.2. The van der Waals surface area contributed by atoms with Crippen LogP contribution in [-0.2, 0) is 11.3 Å². The fraction of sp³-hybridized carbons (Fsp3) is 0.316. The van der Waals surface area contributed by atoms with Crippen molar-refractivity contribution in [3.8, 4) is 17.2 Å². The van der Waals surface area contributed by atoms with Crippen molar-refractivity contribution in [2.24, 2.45) is 0 Å². The fourth-order valence-corrected chi connectivity index (χ4v) is 2.14. The van der Waals surface area contributed by atoms with Gasteiger partial charge in [-0.05, 0) is 43.7 Å². The molecule has 0 radical (unpaired) electrons. The third-order valence-corrected chi connectivity index (χ3v) is 3.42. The second kappa shape index (κ2) is 8.82. The van der Waals surface area contributed by atoms with Crippen molar-refractivity contribution >= 4 is 5.91 Å². The van der Waals surface area contributed by atoms with Crippen LogP contribution in [0.2, 0.25) is 0 Å². The van der Waals surface area contributed by atoms with Gasteiger partial charge in [-0.2, -0.15) is 0 Å². The monoisotopic (exact) mass is 329 g/mol. The van der Waals surface area contributed by atoms with E-state index in [0.717, 1.165) is 11.3 Å². The lowest BCUT2D eigenvalue weighted by Crippen LogP contribution is -2.35. The first-order valence-electron chi connectivity index (χ1n) is 7.92. The van der Waals surface area contributed by atoms with Gasteiger partial charge in [-0.1, -0.05) is 18.2 Å². The predicted molar refractivity (Wildman–Crippen MR) is 92.5 cm³/mol. The number of benzene rings is 2. The smallest absolute Gasteiger partial charge is 0.261 e. The highest BCUT2D eigenvalue weighted by Gasteiger charge is 2.14. The lowest BCUT2D eigenvalue weighted by Gasteiger charge is -2.15. The Labute approximate surface area is 142 Å². The number of ether oxygens (including phenoxy) is 3. The number of carbonyl (C=O) groups is 1. The van der Waals surface area contributed by atoms with Crippen LogP contribution >= 0.6 is 0 Å². The molecule has 1 N–H and O–H groups in total. The molecular formula is C19H23NO4. The van der Waals surface area contributed by atoms with E-state index in [4.69, 9.17) is 14.2 Å². The molecule has 0 fully saturated rings. The number of hydrogen-bond acceptors (Lipinski definition) is 4. The third-order valence-electron chi connectivity index (χ3n) is 3.42. The maximum absolute atomic E-state index is 12.2. The van der Waals surface area contributed by atoms with Gasteiger partial charge in [-0.3, -0.25) is 4.79 Å². The highest BCUT2D eigenvalue weighted by molar-refractivity contribution is 5.80. The maximum Gasteiger partial charge on any atom is 0.261 e. The quantitative estimate of drug-likeness (QED) is 0.808. The SMILES string of the molecule is CCOc1ccc(CNC(=O)[C@@H](C)Oc2cccc(OC)c2)cc1. The third kappa shape index (κ3) is 5.19. The molecule has 2 aromatic carbocycles. The Kier molecular flexibility index (Phi) is 6.49. The average molecular weight is 329 g/mol. The molecule has 0 saturated heterocycles. The average Bonchev–Trinajstić information content (AvgIpc) is 2.61. The summed E-state index contributed by atoms with van der Waals surface area (Å²) in [5, 5.41) is 2.86. The van der Waals surface area contributed by atoms with Gasteiger partial charge in [0.15, 0.2) is 6.10 Å². The molecule has 0 aromatic heterocycles. The molecule has 5 heteroatoms. The van der Waals surface area contributed by atoms with Crippen molar-refractivity contribution in [1.29, 1.82) is 0 Å². The number of rotatable bonds is 8. The van der Waals surface area contributed by atoms with Crippen molar-refractivity contribution in [3.63, 3.8) is 0 Å². The summed E-state index contributed by atoms with van der Waals surface area (Å²) in [4.78, 5) is 12.2. The summed E-state index contributed by atoms with van der Waals surface area (Å²) in [6, 6.07) is 14.8. The Morgan fingerprint density at radius 3 is 2.46 bits per heavy atom. The minimum Gasteiger partial charge on any atom is -0.497 e. The highest BCUT2D eigenvalue weighted by atomic mass is 16.5. The van der Waals surface area contributed by atoms with E-state index in [9.17, 15) is 4.79 Å². The lowest BCUT2D eigenvalue weighted by molar-refractivity contribution is -0.127. The van der Waals surface area contributed by atoms with Crippen LogP contribution in [0.3, 0.4) is 0 Å². The minimum absolute atomic E-state index is 0.174. The molecular weight excluding hydrogens is 306 g/mol. The summed E-state index contributed by atoms with van der Waals surface area (Å²) in [6.45, 7) is 4.73. The van der Waals surface area contributed by atoms with Gasteiger partial charge in [0.05, 0.1) is 13.7 Å². The Hall–Kier alpha value is -2.69. The number of methoxy groups -OCH3 is 1. The van der Waals surface area contributed by atoms with Gasteiger partial charge in [0.2, 0.25) is 0 Å². The molecule has 2 rings (SSSR count). The van der Waals surface area contributed by atoms with Crippen molar-refractivity contribution in [1.82, 2.24) is 5.32 Å². The van der Waals surface area contributed by atoms with Crippen molar-refractivity contribution in [2.45, 2.75) is 26.5 Å². The number of carbonyl (C=O) groups excluding carboxylic acids is 1. The second-order valence-electron chi connectivity index (χ2n) is 5.23. The molecule has 5 nitrogen and oxygen atoms in total. The summed E-state index contributed by atoms with van der Waals surface area (Å²) in [6.07, 6.45) is -0.597. The van der Waals surface area contributed by atoms with E-state index < -0.39 is 6.10 Å². The van der Waals surface area contributed by atoms with Crippen LogP contribution in [-0.4, -0.2) is 25.7 Å². The van der Waals surface area contributed by atoms with E-state index >= 15 is 0 Å². The summed E-state index contributed by atoms with van der Waals surface area (Å²) in [7, 11) is 1.59. The first-order chi connectivity index (χ1) is 11.6. The molecule has 0 heterocycles. The van der Waals surface area contributed by atoms with Crippen molar-refractivity contribution in [3.05, 3.63) is 54.1 Å². The Morgan fingerprint density at radius 2 is 1.79 bits per heavy atom. The zero-order valence-corrected chi connectivity index (χ0v) is 14.2. The molecule has 128 valence electrons. The normalized spacial score (nSPS) is 11.5. The Balaban J connectivity index is 1.84. The van der Waals surface area contributed by atoms with Crippen LogP contribution in [0.25, 0.3) is 0 Å². The minimum atomic E-state index is -0.597. The summed E-state index contributed by atoms with van der Waals surface area (Å²) < 4.78 is 16.2. The molecule has 1 atom stereocenters. The lowest BCUT2D eigenvalue weighted by atomic mass is 10.2. The first-order valence-corrected chi connectivity index (χ1v) is 7.92. The van der Waals surface area contributed by atoms with Gasteiger partial charge in [-0.15, -0.1) is 0 Å². The second-order valence-corrected chi connectivity index (χ2v) is 5.23. The summed E-state index contributed by atoms with van der Waals surface area (Å²) in [5.41, 5.74) is 1.00. The summed E-state index contributed by atoms with van der Waals surface area (Å²) >= 11 is 0. The van der Waals surface area contributed by atoms with Crippen molar-refractivity contribution < 1.29 is 19.0 Å².